The molecule has 4 nitrogen and oxygen atoms in total. The van der Waals surface area contributed by atoms with E-state index in [1.54, 1.807) is 0 Å². The Bertz CT molecular complexity index is 301. The number of aliphatic hydroxyl groups is 1. The predicted molar refractivity (Wildman–Crippen MR) is 58.2 cm³/mol. The first kappa shape index (κ1) is 11.7. The molecule has 4 N–H and O–H groups in total. The fourth-order valence-corrected chi connectivity index (χ4v) is 1.32. The molecule has 0 aliphatic heterocycles. The molecule has 1 rings (SSSR count). The zero-order chi connectivity index (χ0) is 11.1. The number of benzene rings is 1. The zero-order valence-electron chi connectivity index (χ0n) is 8.52. The smallest absolute Gasteiger partial charge is 0.231 e. The fourth-order valence-electron chi connectivity index (χ4n) is 1.32. The van der Waals surface area contributed by atoms with Crippen molar-refractivity contribution in [3.05, 3.63) is 35.9 Å². The summed E-state index contributed by atoms with van der Waals surface area (Å²) in [6, 6.07) is 9.70. The van der Waals surface area contributed by atoms with Crippen molar-refractivity contribution in [3.8, 4) is 0 Å². The van der Waals surface area contributed by atoms with E-state index in [-0.39, 0.29) is 6.54 Å². The molecule has 15 heavy (non-hydrogen) atoms. The Morgan fingerprint density at radius 2 is 2.07 bits per heavy atom. The van der Waals surface area contributed by atoms with E-state index in [2.05, 4.69) is 5.32 Å². The molecule has 1 unspecified atom stereocenters. The number of rotatable bonds is 6. The standard InChI is InChI=1S/C11H16N2O2/c12-11(15)8-13-7-10(14)6-9-4-2-1-3-5-9/h1-5,10,13-14H,6-8H2,(H2,12,15). The molecule has 0 saturated carbocycles. The molecule has 4 heteroatoms. The van der Waals surface area contributed by atoms with Gasteiger partial charge in [-0.3, -0.25) is 4.79 Å². The van der Waals surface area contributed by atoms with E-state index in [1.807, 2.05) is 30.3 Å². The Hall–Kier alpha value is -1.39. The molecule has 82 valence electrons. The van der Waals surface area contributed by atoms with Gasteiger partial charge < -0.3 is 16.2 Å². The maximum atomic E-state index is 10.4. The molecule has 1 aromatic rings. The minimum Gasteiger partial charge on any atom is -0.391 e. The number of carbonyl (C=O) groups excluding carboxylic acids is 1. The third kappa shape index (κ3) is 5.15. The van der Waals surface area contributed by atoms with Gasteiger partial charge >= 0.3 is 0 Å². The van der Waals surface area contributed by atoms with Gasteiger partial charge in [0.25, 0.3) is 0 Å². The van der Waals surface area contributed by atoms with Crippen LogP contribution >= 0.6 is 0 Å². The van der Waals surface area contributed by atoms with Crippen molar-refractivity contribution in [3.63, 3.8) is 0 Å². The molecule has 0 spiro atoms. The summed E-state index contributed by atoms with van der Waals surface area (Å²) in [5.41, 5.74) is 6.02. The summed E-state index contributed by atoms with van der Waals surface area (Å²) in [6.07, 6.45) is 0.0822. The van der Waals surface area contributed by atoms with Crippen LogP contribution in [0, 0.1) is 0 Å². The monoisotopic (exact) mass is 208 g/mol. The normalized spacial score (nSPS) is 12.3. The van der Waals surface area contributed by atoms with Gasteiger partial charge in [0.2, 0.25) is 5.91 Å². The zero-order valence-corrected chi connectivity index (χ0v) is 8.52. The van der Waals surface area contributed by atoms with Gasteiger partial charge in [0.1, 0.15) is 0 Å². The third-order valence-corrected chi connectivity index (χ3v) is 1.99. The second-order valence-electron chi connectivity index (χ2n) is 3.44. The van der Waals surface area contributed by atoms with E-state index >= 15 is 0 Å². The highest BCUT2D eigenvalue weighted by molar-refractivity contribution is 5.75. The number of nitrogens with one attached hydrogen (secondary N) is 1. The highest BCUT2D eigenvalue weighted by Gasteiger charge is 2.05. The lowest BCUT2D eigenvalue weighted by Gasteiger charge is -2.10. The maximum Gasteiger partial charge on any atom is 0.231 e. The van der Waals surface area contributed by atoms with Crippen LogP contribution in [0.4, 0.5) is 0 Å². The Balaban J connectivity index is 2.24. The average Bonchev–Trinajstić information content (AvgIpc) is 2.18. The summed E-state index contributed by atoms with van der Waals surface area (Å²) in [7, 11) is 0. The molecule has 1 aromatic carbocycles. The fraction of sp³-hybridized carbons (Fsp3) is 0.364. The van der Waals surface area contributed by atoms with E-state index in [0.717, 1.165) is 5.56 Å². The summed E-state index contributed by atoms with van der Waals surface area (Å²) < 4.78 is 0. The molecule has 0 aromatic heterocycles. The van der Waals surface area contributed by atoms with Crippen molar-refractivity contribution >= 4 is 5.91 Å². The maximum absolute atomic E-state index is 10.4. The lowest BCUT2D eigenvalue weighted by molar-refractivity contribution is -0.117. The van der Waals surface area contributed by atoms with E-state index in [0.29, 0.717) is 13.0 Å². The lowest BCUT2D eigenvalue weighted by atomic mass is 10.1. The van der Waals surface area contributed by atoms with Crippen molar-refractivity contribution in [2.75, 3.05) is 13.1 Å². The number of primary amides is 1. The second kappa shape index (κ2) is 6.16. The molecular weight excluding hydrogens is 192 g/mol. The number of hydrogen-bond acceptors (Lipinski definition) is 3. The van der Waals surface area contributed by atoms with Gasteiger partial charge in [0.15, 0.2) is 0 Å². The summed E-state index contributed by atoms with van der Waals surface area (Å²) in [6.45, 7) is 0.476. The molecule has 0 heterocycles. The van der Waals surface area contributed by atoms with Crippen LogP contribution in [-0.4, -0.2) is 30.2 Å². The summed E-state index contributed by atoms with van der Waals surface area (Å²) in [5, 5.41) is 12.4. The molecule has 0 fully saturated rings. The average molecular weight is 208 g/mol. The van der Waals surface area contributed by atoms with Crippen LogP contribution in [0.15, 0.2) is 30.3 Å². The topological polar surface area (TPSA) is 75.4 Å². The van der Waals surface area contributed by atoms with Crippen LogP contribution < -0.4 is 11.1 Å². The van der Waals surface area contributed by atoms with Gasteiger partial charge in [-0.25, -0.2) is 0 Å². The van der Waals surface area contributed by atoms with Crippen molar-refractivity contribution in [2.45, 2.75) is 12.5 Å². The number of nitrogens with two attached hydrogens (primary N) is 1. The molecule has 0 aliphatic rings. The SMILES string of the molecule is NC(=O)CNCC(O)Cc1ccccc1. The minimum absolute atomic E-state index is 0.103. The third-order valence-electron chi connectivity index (χ3n) is 1.99. The summed E-state index contributed by atoms with van der Waals surface area (Å²) in [5.74, 6) is -0.415. The van der Waals surface area contributed by atoms with E-state index in [4.69, 9.17) is 5.73 Å². The Labute approximate surface area is 89.1 Å². The molecular formula is C11H16N2O2. The van der Waals surface area contributed by atoms with Gasteiger partial charge in [0.05, 0.1) is 12.6 Å². The molecule has 1 atom stereocenters. The van der Waals surface area contributed by atoms with Crippen LogP contribution in [-0.2, 0) is 11.2 Å². The first-order valence-corrected chi connectivity index (χ1v) is 4.89. The van der Waals surface area contributed by atoms with Crippen molar-refractivity contribution in [1.29, 1.82) is 0 Å². The van der Waals surface area contributed by atoms with Crippen molar-refractivity contribution in [2.24, 2.45) is 5.73 Å². The van der Waals surface area contributed by atoms with Crippen molar-refractivity contribution < 1.29 is 9.90 Å². The van der Waals surface area contributed by atoms with Gasteiger partial charge in [-0.1, -0.05) is 30.3 Å². The number of carbonyl (C=O) groups is 1. The number of amides is 1. The number of aliphatic hydroxyl groups excluding tert-OH is 1. The molecule has 1 amide bonds. The first-order valence-electron chi connectivity index (χ1n) is 4.89. The Kier molecular flexibility index (Phi) is 4.80. The minimum atomic E-state index is -0.494. The van der Waals surface area contributed by atoms with Gasteiger partial charge in [-0.2, -0.15) is 0 Å². The van der Waals surface area contributed by atoms with Gasteiger partial charge in [-0.15, -0.1) is 0 Å². The van der Waals surface area contributed by atoms with E-state index < -0.39 is 12.0 Å². The predicted octanol–water partition coefficient (Wildman–Crippen LogP) is -0.335. The Morgan fingerprint density at radius 1 is 1.40 bits per heavy atom. The summed E-state index contributed by atoms with van der Waals surface area (Å²) >= 11 is 0. The van der Waals surface area contributed by atoms with E-state index in [9.17, 15) is 9.90 Å². The highest BCUT2D eigenvalue weighted by Crippen LogP contribution is 2.02. The second-order valence-corrected chi connectivity index (χ2v) is 3.44. The van der Waals surface area contributed by atoms with Crippen molar-refractivity contribution in [1.82, 2.24) is 5.32 Å². The highest BCUT2D eigenvalue weighted by atomic mass is 16.3. The van der Waals surface area contributed by atoms with Crippen LogP contribution in [0.1, 0.15) is 5.56 Å². The molecule has 0 saturated heterocycles. The van der Waals surface area contributed by atoms with E-state index in [1.165, 1.54) is 0 Å². The number of hydrogen-bond donors (Lipinski definition) is 3. The molecule has 0 bridgehead atoms. The largest absolute Gasteiger partial charge is 0.391 e. The quantitative estimate of drug-likeness (QED) is 0.599. The van der Waals surface area contributed by atoms with Crippen LogP contribution in [0.2, 0.25) is 0 Å². The lowest BCUT2D eigenvalue weighted by Crippen LogP contribution is -2.35. The summed E-state index contributed by atoms with van der Waals surface area (Å²) in [4.78, 5) is 10.4. The molecule has 0 aliphatic carbocycles. The van der Waals surface area contributed by atoms with Gasteiger partial charge in [0, 0.05) is 6.54 Å². The molecule has 0 radical (unpaired) electrons. The van der Waals surface area contributed by atoms with Crippen LogP contribution in [0.5, 0.6) is 0 Å². The van der Waals surface area contributed by atoms with Crippen LogP contribution in [0.25, 0.3) is 0 Å². The van der Waals surface area contributed by atoms with Crippen LogP contribution in [0.3, 0.4) is 0 Å². The van der Waals surface area contributed by atoms with Gasteiger partial charge in [-0.05, 0) is 12.0 Å². The Morgan fingerprint density at radius 3 is 2.67 bits per heavy atom. The first-order chi connectivity index (χ1) is 7.18.